The molecule has 0 spiro atoms. The van der Waals surface area contributed by atoms with Gasteiger partial charge in [0.2, 0.25) is 0 Å². The first kappa shape index (κ1) is 14.1. The van der Waals surface area contributed by atoms with Crippen molar-refractivity contribution in [2.75, 3.05) is 6.61 Å². The number of hydrogen-bond acceptors (Lipinski definition) is 4. The van der Waals surface area contributed by atoms with Gasteiger partial charge in [0, 0.05) is 18.9 Å². The van der Waals surface area contributed by atoms with Gasteiger partial charge in [0.25, 0.3) is 0 Å². The molecule has 20 heavy (non-hydrogen) atoms. The minimum Gasteiger partial charge on any atom is -0.465 e. The summed E-state index contributed by atoms with van der Waals surface area (Å²) in [6.45, 7) is 3.58. The zero-order chi connectivity index (χ0) is 14.8. The smallest absolute Gasteiger partial charge is 0.326 e. The van der Waals surface area contributed by atoms with Crippen LogP contribution in [0.2, 0.25) is 0 Å². The van der Waals surface area contributed by atoms with Gasteiger partial charge < -0.3 is 4.74 Å². The molecule has 0 radical (unpaired) electrons. The second kappa shape index (κ2) is 5.33. The Kier molecular flexibility index (Phi) is 3.75. The average molecular weight is 271 g/mol. The number of esters is 1. The first-order valence-corrected chi connectivity index (χ1v) is 6.51. The molecule has 104 valence electrons. The van der Waals surface area contributed by atoms with E-state index in [9.17, 15) is 10.1 Å². The van der Waals surface area contributed by atoms with Crippen molar-refractivity contribution in [3.63, 3.8) is 0 Å². The van der Waals surface area contributed by atoms with Gasteiger partial charge >= 0.3 is 5.97 Å². The van der Waals surface area contributed by atoms with Crippen LogP contribution < -0.4 is 0 Å². The maximum absolute atomic E-state index is 12.0. The first-order valence-electron chi connectivity index (χ1n) is 6.51. The van der Waals surface area contributed by atoms with Crippen molar-refractivity contribution in [1.82, 2.24) is 9.78 Å². The Hall–Kier alpha value is -2.35. The van der Waals surface area contributed by atoms with Crippen LogP contribution in [-0.2, 0) is 23.0 Å². The monoisotopic (exact) mass is 271 g/mol. The van der Waals surface area contributed by atoms with Gasteiger partial charge in [-0.05, 0) is 19.9 Å². The number of fused-ring (bicyclic) bond motifs is 1. The molecule has 0 aliphatic carbocycles. The summed E-state index contributed by atoms with van der Waals surface area (Å²) in [6, 6.07) is 9.82. The van der Waals surface area contributed by atoms with Crippen LogP contribution in [0.3, 0.4) is 0 Å². The lowest BCUT2D eigenvalue weighted by molar-refractivity contribution is -0.151. The summed E-state index contributed by atoms with van der Waals surface area (Å²) in [5.74, 6) is -0.503. The number of hydrogen-bond donors (Lipinski definition) is 0. The Labute approximate surface area is 117 Å². The number of para-hydroxylation sites is 1. The molecule has 5 heteroatoms. The van der Waals surface area contributed by atoms with Crippen molar-refractivity contribution in [3.8, 4) is 6.07 Å². The highest BCUT2D eigenvalue weighted by molar-refractivity contribution is 5.84. The van der Waals surface area contributed by atoms with Crippen molar-refractivity contribution in [2.45, 2.75) is 20.3 Å². The zero-order valence-electron chi connectivity index (χ0n) is 11.9. The lowest BCUT2D eigenvalue weighted by Crippen LogP contribution is -2.31. The van der Waals surface area contributed by atoms with Gasteiger partial charge in [0.05, 0.1) is 23.9 Å². The fraction of sp³-hybridized carbons (Fsp3) is 0.400. The fourth-order valence-electron chi connectivity index (χ4n) is 2.20. The van der Waals surface area contributed by atoms with E-state index in [-0.39, 0.29) is 13.0 Å². The molecule has 0 N–H and O–H groups in total. The minimum atomic E-state index is -1.22. The molecular formula is C15H17N3O2. The van der Waals surface area contributed by atoms with Crippen LogP contribution in [0.15, 0.2) is 24.3 Å². The molecule has 5 nitrogen and oxygen atoms in total. The van der Waals surface area contributed by atoms with E-state index in [0.29, 0.717) is 0 Å². The molecule has 0 amide bonds. The summed E-state index contributed by atoms with van der Waals surface area (Å²) in [5.41, 5.74) is 0.500. The molecule has 0 aliphatic rings. The highest BCUT2D eigenvalue weighted by Crippen LogP contribution is 2.27. The number of rotatable bonds is 4. The summed E-state index contributed by atoms with van der Waals surface area (Å²) in [6.07, 6.45) is 0.240. The molecule has 0 saturated carbocycles. The SMILES string of the molecule is CCOC(=O)C(C)(C#N)Cc1nn(C)c2ccccc12. The topological polar surface area (TPSA) is 67.9 Å². The number of aromatic nitrogens is 2. The second-order valence-corrected chi connectivity index (χ2v) is 4.93. The van der Waals surface area contributed by atoms with E-state index in [1.54, 1.807) is 18.5 Å². The minimum absolute atomic E-state index is 0.240. The summed E-state index contributed by atoms with van der Waals surface area (Å²) < 4.78 is 6.75. The predicted octanol–water partition coefficient (Wildman–Crippen LogP) is 2.21. The zero-order valence-corrected chi connectivity index (χ0v) is 11.9. The molecular weight excluding hydrogens is 254 g/mol. The Morgan fingerprint density at radius 3 is 2.85 bits per heavy atom. The number of benzene rings is 1. The van der Waals surface area contributed by atoms with Crippen LogP contribution in [0.25, 0.3) is 10.9 Å². The van der Waals surface area contributed by atoms with E-state index in [0.717, 1.165) is 16.6 Å². The van der Waals surface area contributed by atoms with Crippen LogP contribution in [0.1, 0.15) is 19.5 Å². The third-order valence-electron chi connectivity index (χ3n) is 3.33. The van der Waals surface area contributed by atoms with Gasteiger partial charge in [-0.15, -0.1) is 0 Å². The second-order valence-electron chi connectivity index (χ2n) is 4.93. The van der Waals surface area contributed by atoms with Crippen LogP contribution in [0.4, 0.5) is 0 Å². The van der Waals surface area contributed by atoms with Crippen LogP contribution in [-0.4, -0.2) is 22.4 Å². The van der Waals surface area contributed by atoms with Crippen LogP contribution in [0.5, 0.6) is 0 Å². The van der Waals surface area contributed by atoms with Crippen LogP contribution >= 0.6 is 0 Å². The molecule has 2 rings (SSSR count). The molecule has 0 fully saturated rings. The van der Waals surface area contributed by atoms with Gasteiger partial charge in [-0.1, -0.05) is 18.2 Å². The van der Waals surface area contributed by atoms with Crippen molar-refractivity contribution >= 4 is 16.9 Å². The van der Waals surface area contributed by atoms with Crippen molar-refractivity contribution < 1.29 is 9.53 Å². The molecule has 1 unspecified atom stereocenters. The molecule has 0 bridgehead atoms. The highest BCUT2D eigenvalue weighted by Gasteiger charge is 2.36. The lowest BCUT2D eigenvalue weighted by Gasteiger charge is -2.18. The predicted molar refractivity (Wildman–Crippen MR) is 74.8 cm³/mol. The van der Waals surface area contributed by atoms with E-state index in [1.165, 1.54) is 0 Å². The highest BCUT2D eigenvalue weighted by atomic mass is 16.5. The summed E-state index contributed by atoms with van der Waals surface area (Å²) >= 11 is 0. The molecule has 0 saturated heterocycles. The molecule has 1 heterocycles. The molecule has 2 aromatic rings. The van der Waals surface area contributed by atoms with Crippen LogP contribution in [0, 0.1) is 16.7 Å². The molecule has 0 aliphatic heterocycles. The largest absolute Gasteiger partial charge is 0.465 e. The van der Waals surface area contributed by atoms with E-state index in [4.69, 9.17) is 4.74 Å². The summed E-state index contributed by atoms with van der Waals surface area (Å²) in [5, 5.41) is 14.7. The summed E-state index contributed by atoms with van der Waals surface area (Å²) in [4.78, 5) is 12.0. The first-order chi connectivity index (χ1) is 9.51. The Bertz CT molecular complexity index is 684. The molecule has 1 aromatic carbocycles. The Balaban J connectivity index is 2.40. The van der Waals surface area contributed by atoms with E-state index in [1.807, 2.05) is 31.3 Å². The Morgan fingerprint density at radius 1 is 1.50 bits per heavy atom. The quantitative estimate of drug-likeness (QED) is 0.799. The number of carbonyl (C=O) groups is 1. The number of ether oxygens (including phenoxy) is 1. The van der Waals surface area contributed by atoms with Gasteiger partial charge in [-0.3, -0.25) is 9.48 Å². The molecule has 1 aromatic heterocycles. The van der Waals surface area contributed by atoms with E-state index in [2.05, 4.69) is 11.2 Å². The van der Waals surface area contributed by atoms with Gasteiger partial charge in [-0.25, -0.2) is 0 Å². The van der Waals surface area contributed by atoms with Gasteiger partial charge in [0.1, 0.15) is 0 Å². The number of nitrogens with zero attached hydrogens (tertiary/aromatic N) is 3. The fourth-order valence-corrected chi connectivity index (χ4v) is 2.20. The lowest BCUT2D eigenvalue weighted by atomic mass is 9.86. The molecule has 1 atom stereocenters. The van der Waals surface area contributed by atoms with Gasteiger partial charge in [-0.2, -0.15) is 10.4 Å². The maximum atomic E-state index is 12.0. The van der Waals surface area contributed by atoms with Crippen molar-refractivity contribution in [1.29, 1.82) is 5.26 Å². The van der Waals surface area contributed by atoms with Crippen molar-refractivity contribution in [2.24, 2.45) is 12.5 Å². The number of nitriles is 1. The normalized spacial score (nSPS) is 13.7. The standard InChI is InChI=1S/C15H17N3O2/c1-4-20-14(19)15(2,10-16)9-12-11-7-5-6-8-13(11)18(3)17-12/h5-8H,4,9H2,1-3H3. The summed E-state index contributed by atoms with van der Waals surface area (Å²) in [7, 11) is 1.85. The number of carbonyl (C=O) groups excluding carboxylic acids is 1. The maximum Gasteiger partial charge on any atom is 0.326 e. The number of aryl methyl sites for hydroxylation is 1. The van der Waals surface area contributed by atoms with Crippen molar-refractivity contribution in [3.05, 3.63) is 30.0 Å². The third-order valence-corrected chi connectivity index (χ3v) is 3.33. The third kappa shape index (κ3) is 2.37. The van der Waals surface area contributed by atoms with E-state index >= 15 is 0 Å². The Morgan fingerprint density at radius 2 is 2.20 bits per heavy atom. The van der Waals surface area contributed by atoms with Gasteiger partial charge in [0.15, 0.2) is 5.41 Å². The van der Waals surface area contributed by atoms with E-state index < -0.39 is 11.4 Å². The average Bonchev–Trinajstić information content (AvgIpc) is 2.76.